The van der Waals surface area contributed by atoms with Gasteiger partial charge in [-0.05, 0) is 18.6 Å². The van der Waals surface area contributed by atoms with Crippen LogP contribution in [-0.2, 0) is 14.8 Å². The third-order valence-corrected chi connectivity index (χ3v) is 5.36. The van der Waals surface area contributed by atoms with E-state index in [0.717, 1.165) is 4.31 Å². The van der Waals surface area contributed by atoms with Crippen LogP contribution in [0.1, 0.15) is 6.42 Å². The van der Waals surface area contributed by atoms with Gasteiger partial charge < -0.3 is 10.2 Å². The number of nitrogens with two attached hydrogens (primary N) is 1. The van der Waals surface area contributed by atoms with Crippen molar-refractivity contribution in [2.24, 2.45) is 5.84 Å². The van der Waals surface area contributed by atoms with Crippen molar-refractivity contribution in [2.75, 3.05) is 25.7 Å². The summed E-state index contributed by atoms with van der Waals surface area (Å²) in [4.78, 5) is 10.0. The van der Waals surface area contributed by atoms with Gasteiger partial charge in [-0.15, -0.1) is 0 Å². The average molecular weight is 316 g/mol. The van der Waals surface area contributed by atoms with Crippen LogP contribution in [0.5, 0.6) is 0 Å². The van der Waals surface area contributed by atoms with E-state index in [2.05, 4.69) is 5.43 Å². The quantitative estimate of drug-likeness (QED) is 0.454. The second kappa shape index (κ2) is 5.93. The zero-order valence-electron chi connectivity index (χ0n) is 11.4. The molecule has 0 radical (unpaired) electrons. The Labute approximate surface area is 121 Å². The van der Waals surface area contributed by atoms with Crippen molar-refractivity contribution in [3.63, 3.8) is 0 Å². The molecular formula is C11H16N4O5S. The number of nitro groups is 1. The molecule has 0 amide bonds. The van der Waals surface area contributed by atoms with E-state index in [1.165, 1.54) is 25.2 Å². The number of nitro benzene ring substituents is 1. The van der Waals surface area contributed by atoms with Gasteiger partial charge >= 0.3 is 5.69 Å². The summed E-state index contributed by atoms with van der Waals surface area (Å²) in [6.45, 7) is 0.745. The molecule has 1 aromatic carbocycles. The van der Waals surface area contributed by atoms with Gasteiger partial charge in [-0.3, -0.25) is 16.0 Å². The Bertz CT molecular complexity index is 642. The van der Waals surface area contributed by atoms with Crippen molar-refractivity contribution >= 4 is 21.4 Å². The molecule has 1 fully saturated rings. The first kappa shape index (κ1) is 15.6. The predicted molar refractivity (Wildman–Crippen MR) is 75.1 cm³/mol. The molecular weight excluding hydrogens is 300 g/mol. The molecule has 1 aliphatic rings. The lowest BCUT2D eigenvalue weighted by molar-refractivity contribution is -0.386. The summed E-state index contributed by atoms with van der Waals surface area (Å²) in [5.74, 6) is 5.22. The van der Waals surface area contributed by atoms with Crippen molar-refractivity contribution < 1.29 is 18.1 Å². The SMILES string of the molecule is CN(C1CCOC1)S(=O)(=O)c1cccc(NN)c1[N+](=O)[O-]. The third kappa shape index (κ3) is 2.83. The van der Waals surface area contributed by atoms with Crippen LogP contribution in [0.3, 0.4) is 0 Å². The minimum Gasteiger partial charge on any atom is -0.380 e. The Morgan fingerprint density at radius 2 is 2.24 bits per heavy atom. The lowest BCUT2D eigenvalue weighted by atomic mass is 10.3. The maximum atomic E-state index is 12.6. The monoisotopic (exact) mass is 316 g/mol. The molecule has 2 rings (SSSR count). The summed E-state index contributed by atoms with van der Waals surface area (Å²) in [7, 11) is -2.62. The number of likely N-dealkylation sites (N-methyl/N-ethyl adjacent to an activating group) is 1. The van der Waals surface area contributed by atoms with E-state index in [4.69, 9.17) is 10.6 Å². The van der Waals surface area contributed by atoms with Gasteiger partial charge in [-0.25, -0.2) is 8.42 Å². The second-order valence-corrected chi connectivity index (χ2v) is 6.56. The summed E-state index contributed by atoms with van der Waals surface area (Å²) >= 11 is 0. The molecule has 3 N–H and O–H groups in total. The highest BCUT2D eigenvalue weighted by atomic mass is 32.2. The van der Waals surface area contributed by atoms with Crippen LogP contribution in [0.4, 0.5) is 11.4 Å². The first-order valence-corrected chi connectivity index (χ1v) is 7.63. The number of rotatable bonds is 5. The van der Waals surface area contributed by atoms with Crippen LogP contribution >= 0.6 is 0 Å². The summed E-state index contributed by atoms with van der Waals surface area (Å²) in [5.41, 5.74) is 1.53. The van der Waals surface area contributed by atoms with Gasteiger partial charge in [0.1, 0.15) is 5.69 Å². The molecule has 9 nitrogen and oxygen atoms in total. The molecule has 0 aliphatic carbocycles. The molecule has 10 heteroatoms. The molecule has 0 spiro atoms. The summed E-state index contributed by atoms with van der Waals surface area (Å²) in [6, 6.07) is 3.61. The van der Waals surface area contributed by atoms with Crippen LogP contribution in [-0.4, -0.2) is 43.9 Å². The zero-order chi connectivity index (χ0) is 15.6. The fourth-order valence-corrected chi connectivity index (χ4v) is 3.74. The van der Waals surface area contributed by atoms with Gasteiger partial charge in [0.05, 0.1) is 17.6 Å². The van der Waals surface area contributed by atoms with Gasteiger partial charge in [0.25, 0.3) is 0 Å². The summed E-state index contributed by atoms with van der Waals surface area (Å²) in [6.07, 6.45) is 0.554. The number of nitrogen functional groups attached to an aromatic ring is 1. The van der Waals surface area contributed by atoms with Gasteiger partial charge in [0.2, 0.25) is 10.0 Å². The van der Waals surface area contributed by atoms with Crippen molar-refractivity contribution in [2.45, 2.75) is 17.4 Å². The van der Waals surface area contributed by atoms with E-state index in [9.17, 15) is 18.5 Å². The van der Waals surface area contributed by atoms with Gasteiger partial charge in [0.15, 0.2) is 4.90 Å². The normalized spacial score (nSPS) is 18.9. The summed E-state index contributed by atoms with van der Waals surface area (Å²) in [5, 5.41) is 11.2. The number of anilines is 1. The smallest absolute Gasteiger partial charge is 0.313 e. The Hall–Kier alpha value is -1.75. The van der Waals surface area contributed by atoms with Gasteiger partial charge in [-0.2, -0.15) is 4.31 Å². The van der Waals surface area contributed by atoms with Crippen LogP contribution in [0.15, 0.2) is 23.1 Å². The molecule has 1 saturated heterocycles. The highest BCUT2D eigenvalue weighted by Crippen LogP contribution is 2.33. The average Bonchev–Trinajstić information content (AvgIpc) is 2.99. The molecule has 0 aromatic heterocycles. The van der Waals surface area contributed by atoms with Crippen LogP contribution in [0.2, 0.25) is 0 Å². The van der Waals surface area contributed by atoms with E-state index >= 15 is 0 Å². The minimum atomic E-state index is -4.01. The molecule has 21 heavy (non-hydrogen) atoms. The minimum absolute atomic E-state index is 0.0582. The number of hydrogen-bond donors (Lipinski definition) is 2. The lowest BCUT2D eigenvalue weighted by Crippen LogP contribution is -2.37. The standard InChI is InChI=1S/C11H16N4O5S/c1-14(8-5-6-20-7-8)21(18,19)10-4-2-3-9(13-12)11(10)15(16)17/h2-4,8,13H,5-7,12H2,1H3. The number of hydrogen-bond acceptors (Lipinski definition) is 7. The number of nitrogens with zero attached hydrogens (tertiary/aromatic N) is 2. The first-order chi connectivity index (χ1) is 9.89. The van der Waals surface area contributed by atoms with Crippen molar-refractivity contribution in [1.29, 1.82) is 0 Å². The zero-order valence-corrected chi connectivity index (χ0v) is 12.2. The van der Waals surface area contributed by atoms with E-state index in [-0.39, 0.29) is 18.3 Å². The lowest BCUT2D eigenvalue weighted by Gasteiger charge is -2.22. The number of hydrazine groups is 1. The fourth-order valence-electron chi connectivity index (χ4n) is 2.20. The van der Waals surface area contributed by atoms with Crippen molar-refractivity contribution in [3.8, 4) is 0 Å². The number of ether oxygens (including phenoxy) is 1. The molecule has 1 aromatic rings. The Morgan fingerprint density at radius 3 is 2.76 bits per heavy atom. The molecule has 1 unspecified atom stereocenters. The molecule has 0 bridgehead atoms. The van der Waals surface area contributed by atoms with Crippen LogP contribution in [0.25, 0.3) is 0 Å². The Morgan fingerprint density at radius 1 is 1.52 bits per heavy atom. The Kier molecular flexibility index (Phi) is 4.42. The highest BCUT2D eigenvalue weighted by molar-refractivity contribution is 7.89. The summed E-state index contributed by atoms with van der Waals surface area (Å²) < 4.78 is 31.5. The van der Waals surface area contributed by atoms with E-state index < -0.39 is 25.5 Å². The molecule has 1 atom stereocenters. The third-order valence-electron chi connectivity index (χ3n) is 3.41. The highest BCUT2D eigenvalue weighted by Gasteiger charge is 2.36. The maximum Gasteiger partial charge on any atom is 0.313 e. The maximum absolute atomic E-state index is 12.6. The molecule has 1 aliphatic heterocycles. The predicted octanol–water partition coefficient (Wildman–Crippen LogP) is 0.290. The van der Waals surface area contributed by atoms with Gasteiger partial charge in [-0.1, -0.05) is 6.07 Å². The van der Waals surface area contributed by atoms with Crippen molar-refractivity contribution in [3.05, 3.63) is 28.3 Å². The van der Waals surface area contributed by atoms with Crippen LogP contribution in [0, 0.1) is 10.1 Å². The number of nitrogens with one attached hydrogen (secondary N) is 1. The number of para-hydroxylation sites is 1. The molecule has 1 heterocycles. The van der Waals surface area contributed by atoms with E-state index in [1.807, 2.05) is 0 Å². The Balaban J connectivity index is 2.51. The van der Waals surface area contributed by atoms with E-state index in [0.29, 0.717) is 13.0 Å². The second-order valence-electron chi connectivity index (χ2n) is 4.59. The fraction of sp³-hybridized carbons (Fsp3) is 0.455. The van der Waals surface area contributed by atoms with Crippen LogP contribution < -0.4 is 11.3 Å². The largest absolute Gasteiger partial charge is 0.380 e. The van der Waals surface area contributed by atoms with Crippen molar-refractivity contribution in [1.82, 2.24) is 4.31 Å². The number of benzene rings is 1. The molecule has 116 valence electrons. The number of sulfonamides is 1. The topological polar surface area (TPSA) is 128 Å². The van der Waals surface area contributed by atoms with Gasteiger partial charge in [0, 0.05) is 13.7 Å². The molecule has 0 saturated carbocycles. The first-order valence-electron chi connectivity index (χ1n) is 6.19. The van der Waals surface area contributed by atoms with E-state index in [1.54, 1.807) is 0 Å².